The molecule has 45 heavy (non-hydrogen) atoms. The van der Waals surface area contributed by atoms with Crippen molar-refractivity contribution in [2.24, 2.45) is 5.41 Å². The van der Waals surface area contributed by atoms with Gasteiger partial charge in [0.25, 0.3) is 0 Å². The summed E-state index contributed by atoms with van der Waals surface area (Å²) < 4.78 is 73.9. The Labute approximate surface area is 254 Å². The quantitative estimate of drug-likeness (QED) is 0.180. The summed E-state index contributed by atoms with van der Waals surface area (Å²) >= 11 is 0. The van der Waals surface area contributed by atoms with Crippen molar-refractivity contribution in [3.05, 3.63) is 65.3 Å². The highest BCUT2D eigenvalue weighted by Crippen LogP contribution is 2.56. The third-order valence-corrected chi connectivity index (χ3v) is 9.31. The number of hydrogen-bond donors (Lipinski definition) is 1. The Hall–Kier alpha value is -3.91. The van der Waals surface area contributed by atoms with E-state index in [1.54, 1.807) is 16.8 Å². The van der Waals surface area contributed by atoms with Gasteiger partial charge in [0.15, 0.2) is 5.78 Å². The molecule has 1 saturated heterocycles. The predicted octanol–water partition coefficient (Wildman–Crippen LogP) is 5.89. The first kappa shape index (κ1) is 29.8. The number of fused-ring (bicyclic) bond motifs is 1. The second kappa shape index (κ2) is 10.6. The van der Waals surface area contributed by atoms with E-state index in [2.05, 4.69) is 24.9 Å². The number of aliphatic hydroxyl groups is 1. The molecule has 7 rings (SSSR count). The molecule has 0 unspecified atom stereocenters. The van der Waals surface area contributed by atoms with Crippen LogP contribution in [0.25, 0.3) is 16.9 Å². The first-order chi connectivity index (χ1) is 21.3. The van der Waals surface area contributed by atoms with E-state index in [4.69, 9.17) is 4.52 Å². The fourth-order valence-electron chi connectivity index (χ4n) is 7.17. The lowest BCUT2D eigenvalue weighted by Gasteiger charge is -2.63. The number of halogens is 5. The molecule has 1 N–H and O–H groups in total. The van der Waals surface area contributed by atoms with E-state index >= 15 is 0 Å². The van der Waals surface area contributed by atoms with Gasteiger partial charge in [-0.05, 0) is 61.9 Å². The van der Waals surface area contributed by atoms with E-state index in [0.29, 0.717) is 42.6 Å². The Morgan fingerprint density at radius 2 is 1.93 bits per heavy atom. The number of Topliss-reactive ketones (excluding diaryl/α,β-unsaturated/α-hetero) is 1. The molecule has 14 heteroatoms. The zero-order valence-corrected chi connectivity index (χ0v) is 24.2. The molecule has 0 radical (unpaired) electrons. The fourth-order valence-corrected chi connectivity index (χ4v) is 7.17. The number of nitrogens with zero attached hydrogens (tertiary/aromatic N) is 5. The summed E-state index contributed by atoms with van der Waals surface area (Å²) in [6.07, 6.45) is -4.22. The van der Waals surface area contributed by atoms with Crippen LogP contribution in [0.2, 0.25) is 0 Å². The monoisotopic (exact) mass is 631 g/mol. The van der Waals surface area contributed by atoms with Crippen LogP contribution in [0.4, 0.5) is 27.6 Å². The SMILES string of the molecule is Cc1ccc(-c2noc(C3CC(OC(F)(F)F)C3)n2)cc1CC(=O)c1cnn2ccc(N3CC4(C3)CC(O)(CC(F)F)C4)cc12. The topological polar surface area (TPSA) is 106 Å². The number of aromatic nitrogens is 4. The van der Waals surface area contributed by atoms with E-state index in [1.807, 2.05) is 31.2 Å². The number of ketones is 1. The third kappa shape index (κ3) is 5.81. The zero-order chi connectivity index (χ0) is 31.7. The summed E-state index contributed by atoms with van der Waals surface area (Å²) in [7, 11) is 0. The first-order valence-electron chi connectivity index (χ1n) is 14.7. The highest BCUT2D eigenvalue weighted by Gasteiger charge is 2.60. The second-order valence-corrected chi connectivity index (χ2v) is 12.9. The summed E-state index contributed by atoms with van der Waals surface area (Å²) in [5, 5.41) is 18.7. The van der Waals surface area contributed by atoms with Crippen molar-refractivity contribution in [1.29, 1.82) is 0 Å². The summed E-state index contributed by atoms with van der Waals surface area (Å²) in [6, 6.07) is 9.24. The first-order valence-corrected chi connectivity index (χ1v) is 14.7. The average Bonchev–Trinajstić information content (AvgIpc) is 3.55. The fraction of sp³-hybridized carbons (Fsp3) is 0.484. The van der Waals surface area contributed by atoms with Gasteiger partial charge in [-0.3, -0.25) is 9.53 Å². The van der Waals surface area contributed by atoms with E-state index in [0.717, 1.165) is 16.8 Å². The van der Waals surface area contributed by atoms with E-state index in [-0.39, 0.29) is 48.1 Å². The van der Waals surface area contributed by atoms with Crippen LogP contribution in [-0.4, -0.2) is 68.2 Å². The molecule has 1 aliphatic heterocycles. The Morgan fingerprint density at radius 1 is 1.18 bits per heavy atom. The van der Waals surface area contributed by atoms with Gasteiger partial charge < -0.3 is 14.5 Å². The van der Waals surface area contributed by atoms with Crippen molar-refractivity contribution in [3.63, 3.8) is 0 Å². The van der Waals surface area contributed by atoms with Gasteiger partial charge in [0, 0.05) is 54.7 Å². The standard InChI is InChI=1S/C31H30F5N5O4/c1-17-2-3-18(27-38-28(45-39-27)20-7-22(8-20)44-31(34,35)36)6-19(17)9-25(42)23-12-37-41-5-4-21(10-24(23)41)40-15-29(16-40)13-30(43,14-29)11-26(32)33/h2-6,10,12,20,22,26,43H,7-9,11,13-16H2,1H3. The Morgan fingerprint density at radius 3 is 2.64 bits per heavy atom. The zero-order valence-electron chi connectivity index (χ0n) is 24.2. The number of rotatable bonds is 9. The number of anilines is 1. The van der Waals surface area contributed by atoms with Gasteiger partial charge in [-0.15, -0.1) is 13.2 Å². The predicted molar refractivity (Wildman–Crippen MR) is 150 cm³/mol. The van der Waals surface area contributed by atoms with Crippen molar-refractivity contribution in [2.45, 2.75) is 75.9 Å². The van der Waals surface area contributed by atoms with Crippen LogP contribution in [0.3, 0.4) is 0 Å². The van der Waals surface area contributed by atoms with Gasteiger partial charge in [0.1, 0.15) is 0 Å². The molecule has 1 aromatic carbocycles. The molecule has 3 aromatic heterocycles. The number of pyridine rings is 1. The molecule has 4 aromatic rings. The smallest absolute Gasteiger partial charge is 0.390 e. The Bertz CT molecular complexity index is 1750. The molecule has 1 spiro atoms. The third-order valence-electron chi connectivity index (χ3n) is 9.31. The van der Waals surface area contributed by atoms with Crippen molar-refractivity contribution in [1.82, 2.24) is 19.8 Å². The maximum absolute atomic E-state index is 13.5. The number of carbonyl (C=O) groups excluding carboxylic acids is 1. The number of carbonyl (C=O) groups is 1. The molecule has 0 atom stereocenters. The molecular weight excluding hydrogens is 601 g/mol. The Kier molecular flexibility index (Phi) is 7.00. The maximum Gasteiger partial charge on any atom is 0.522 e. The second-order valence-electron chi connectivity index (χ2n) is 12.9. The molecule has 0 amide bonds. The highest BCUT2D eigenvalue weighted by molar-refractivity contribution is 6.03. The Balaban J connectivity index is 1.02. The molecule has 4 heterocycles. The molecule has 0 bridgehead atoms. The number of alkyl halides is 5. The highest BCUT2D eigenvalue weighted by atomic mass is 19.4. The molecule has 9 nitrogen and oxygen atoms in total. The molecule has 238 valence electrons. The molecular formula is C31H30F5N5O4. The van der Waals surface area contributed by atoms with Gasteiger partial charge >= 0.3 is 6.36 Å². The van der Waals surface area contributed by atoms with Crippen LogP contribution in [-0.2, 0) is 11.2 Å². The lowest BCUT2D eigenvalue weighted by molar-refractivity contribution is -0.352. The number of ether oxygens (including phenoxy) is 1. The molecule has 3 fully saturated rings. The van der Waals surface area contributed by atoms with Crippen molar-refractivity contribution >= 4 is 17.0 Å². The summed E-state index contributed by atoms with van der Waals surface area (Å²) in [5.74, 6) is 0.0833. The minimum atomic E-state index is -4.68. The maximum atomic E-state index is 13.5. The van der Waals surface area contributed by atoms with Crippen molar-refractivity contribution < 1.29 is 41.1 Å². The van der Waals surface area contributed by atoms with Crippen LogP contribution in [0.5, 0.6) is 0 Å². The van der Waals surface area contributed by atoms with Crippen molar-refractivity contribution in [3.8, 4) is 11.4 Å². The average molecular weight is 632 g/mol. The minimum Gasteiger partial charge on any atom is -0.390 e. The number of benzene rings is 1. The lowest BCUT2D eigenvalue weighted by Crippen LogP contribution is -2.68. The summed E-state index contributed by atoms with van der Waals surface area (Å²) in [4.78, 5) is 20.0. The normalized spacial score (nSPS) is 22.0. The van der Waals surface area contributed by atoms with E-state index in [1.165, 1.54) is 6.20 Å². The van der Waals surface area contributed by atoms with Gasteiger partial charge in [-0.2, -0.15) is 10.1 Å². The molecule has 2 aliphatic carbocycles. The summed E-state index contributed by atoms with van der Waals surface area (Å²) in [6.45, 7) is 3.19. The molecule has 3 aliphatic rings. The van der Waals surface area contributed by atoms with Crippen LogP contribution in [0.1, 0.15) is 65.4 Å². The van der Waals surface area contributed by atoms with Gasteiger partial charge in [-0.25, -0.2) is 13.3 Å². The van der Waals surface area contributed by atoms with E-state index in [9.17, 15) is 31.9 Å². The summed E-state index contributed by atoms with van der Waals surface area (Å²) in [5.41, 5.74) is 2.81. The minimum absolute atomic E-state index is 0.0879. The van der Waals surface area contributed by atoms with Crippen LogP contribution in [0, 0.1) is 12.3 Å². The number of hydrogen-bond acceptors (Lipinski definition) is 8. The van der Waals surface area contributed by atoms with E-state index < -0.39 is 30.9 Å². The largest absolute Gasteiger partial charge is 0.522 e. The van der Waals surface area contributed by atoms with Crippen LogP contribution >= 0.6 is 0 Å². The van der Waals surface area contributed by atoms with Gasteiger partial charge in [-0.1, -0.05) is 17.3 Å². The van der Waals surface area contributed by atoms with Gasteiger partial charge in [0.05, 0.1) is 29.0 Å². The van der Waals surface area contributed by atoms with Crippen LogP contribution < -0.4 is 4.90 Å². The van der Waals surface area contributed by atoms with Crippen LogP contribution in [0.15, 0.2) is 47.2 Å². The van der Waals surface area contributed by atoms with Crippen molar-refractivity contribution in [2.75, 3.05) is 18.0 Å². The number of aryl methyl sites for hydroxylation is 1. The lowest BCUT2D eigenvalue weighted by atomic mass is 9.54. The molecule has 2 saturated carbocycles. The van der Waals surface area contributed by atoms with Gasteiger partial charge in [0.2, 0.25) is 18.1 Å².